The molecule has 0 radical (unpaired) electrons. The first kappa shape index (κ1) is 29.3. The van der Waals surface area contributed by atoms with Gasteiger partial charge < -0.3 is 15.4 Å². The van der Waals surface area contributed by atoms with Crippen LogP contribution in [-0.4, -0.2) is 56.9 Å². The van der Waals surface area contributed by atoms with Gasteiger partial charge >= 0.3 is 12.1 Å². The van der Waals surface area contributed by atoms with Gasteiger partial charge in [-0.15, -0.1) is 4.36 Å². The van der Waals surface area contributed by atoms with E-state index in [1.807, 2.05) is 6.92 Å². The van der Waals surface area contributed by atoms with E-state index in [2.05, 4.69) is 15.0 Å². The molecule has 0 aromatic heterocycles. The minimum absolute atomic E-state index is 0.121. The second-order valence-corrected chi connectivity index (χ2v) is 12.7. The van der Waals surface area contributed by atoms with Crippen LogP contribution in [0.5, 0.6) is 0 Å². The third-order valence-electron chi connectivity index (χ3n) is 6.76. The molecule has 1 atom stereocenters. The van der Waals surface area contributed by atoms with Crippen LogP contribution in [0.25, 0.3) is 0 Å². The summed E-state index contributed by atoms with van der Waals surface area (Å²) >= 11 is 5.23. The molecule has 0 bridgehead atoms. The Morgan fingerprint density at radius 2 is 1.95 bits per heavy atom. The van der Waals surface area contributed by atoms with Crippen molar-refractivity contribution in [1.82, 2.24) is 5.32 Å². The van der Waals surface area contributed by atoms with E-state index in [1.54, 1.807) is 12.1 Å². The zero-order valence-corrected chi connectivity index (χ0v) is 23.5. The maximum Gasteiger partial charge on any atom is 0.414 e. The summed E-state index contributed by atoms with van der Waals surface area (Å²) in [7, 11) is -2.84. The quantitative estimate of drug-likeness (QED) is 0.237. The average molecular weight is 592 g/mol. The molecule has 2 saturated heterocycles. The number of thiocarbonyl (C=S) groups is 1. The number of nitro groups is 1. The molecule has 2 heterocycles. The van der Waals surface area contributed by atoms with E-state index in [0.29, 0.717) is 41.3 Å². The Morgan fingerprint density at radius 3 is 2.58 bits per heavy atom. The van der Waals surface area contributed by atoms with Crippen molar-refractivity contribution in [3.05, 3.63) is 64.0 Å². The van der Waals surface area contributed by atoms with E-state index in [1.165, 1.54) is 35.2 Å². The van der Waals surface area contributed by atoms with Gasteiger partial charge in [-0.25, -0.2) is 18.2 Å². The zero-order chi connectivity index (χ0) is 28.9. The van der Waals surface area contributed by atoms with Crippen LogP contribution < -0.4 is 15.5 Å². The lowest BCUT2D eigenvalue weighted by molar-refractivity contribution is -0.384. The fourth-order valence-corrected chi connectivity index (χ4v) is 6.99. The van der Waals surface area contributed by atoms with Gasteiger partial charge in [-0.1, -0.05) is 25.2 Å². The molecule has 2 aliphatic heterocycles. The summed E-state index contributed by atoms with van der Waals surface area (Å²) in [5.41, 5.74) is 1.02. The predicted molar refractivity (Wildman–Crippen MR) is 154 cm³/mol. The number of hydrogen-bond donors (Lipinski definition) is 2. The molecule has 0 unspecified atom stereocenters. The minimum atomic E-state index is -2.84. The Bertz CT molecular complexity index is 1410. The maximum absolute atomic E-state index is 15.2. The fourth-order valence-electron chi connectivity index (χ4n) is 4.66. The van der Waals surface area contributed by atoms with Gasteiger partial charge in [0.25, 0.3) is 5.69 Å². The number of nitrogens with zero attached hydrogens (tertiary/aromatic N) is 3. The van der Waals surface area contributed by atoms with E-state index in [4.69, 9.17) is 17.0 Å². The highest BCUT2D eigenvalue weighted by atomic mass is 32.2. The number of urea groups is 1. The molecular weight excluding hydrogens is 561 g/mol. The van der Waals surface area contributed by atoms with Crippen molar-refractivity contribution < 1.29 is 27.8 Å². The molecule has 4 rings (SSSR count). The second-order valence-electron chi connectivity index (χ2n) is 9.66. The number of hydrogen-bond acceptors (Lipinski definition) is 7. The molecule has 0 aliphatic carbocycles. The van der Waals surface area contributed by atoms with Gasteiger partial charge in [0.1, 0.15) is 11.9 Å². The summed E-state index contributed by atoms with van der Waals surface area (Å²) in [5.74, 6) is -0.431. The highest BCUT2D eigenvalue weighted by Crippen LogP contribution is 2.34. The minimum Gasteiger partial charge on any atom is -0.442 e. The average Bonchev–Trinajstić information content (AvgIpc) is 3.28. The van der Waals surface area contributed by atoms with E-state index < -0.39 is 38.7 Å². The van der Waals surface area contributed by atoms with Crippen LogP contribution in [0.1, 0.15) is 44.1 Å². The van der Waals surface area contributed by atoms with Crippen molar-refractivity contribution in [2.45, 2.75) is 44.6 Å². The van der Waals surface area contributed by atoms with Crippen LogP contribution >= 0.6 is 12.2 Å². The first-order chi connectivity index (χ1) is 19.1. The normalized spacial score (nSPS) is 22.4. The van der Waals surface area contributed by atoms with Gasteiger partial charge in [0.15, 0.2) is 0 Å². The maximum atomic E-state index is 15.2. The molecule has 2 fully saturated rings. The Labute approximate surface area is 236 Å². The van der Waals surface area contributed by atoms with Crippen molar-refractivity contribution in [1.29, 1.82) is 0 Å². The molecule has 214 valence electrons. The molecule has 40 heavy (non-hydrogen) atoms. The molecule has 14 heteroatoms. The lowest BCUT2D eigenvalue weighted by atomic mass is 9.93. The highest BCUT2D eigenvalue weighted by molar-refractivity contribution is 7.93. The summed E-state index contributed by atoms with van der Waals surface area (Å²) in [6.45, 7) is 2.68. The summed E-state index contributed by atoms with van der Waals surface area (Å²) < 4.78 is 37.6. The lowest BCUT2D eigenvalue weighted by Crippen LogP contribution is -2.33. The van der Waals surface area contributed by atoms with Crippen molar-refractivity contribution in [2.24, 2.45) is 4.36 Å². The smallest absolute Gasteiger partial charge is 0.414 e. The Morgan fingerprint density at radius 1 is 1.25 bits per heavy atom. The van der Waals surface area contributed by atoms with Gasteiger partial charge in [0.05, 0.1) is 38.4 Å². The Kier molecular flexibility index (Phi) is 9.30. The van der Waals surface area contributed by atoms with Crippen LogP contribution in [0.4, 0.5) is 31.0 Å². The monoisotopic (exact) mass is 591 g/mol. The van der Waals surface area contributed by atoms with Crippen molar-refractivity contribution in [2.75, 3.05) is 34.8 Å². The number of ether oxygens (including phenoxy) is 1. The fraction of sp³-hybridized carbons (Fsp3) is 0.423. The largest absolute Gasteiger partial charge is 0.442 e. The Hall–Kier alpha value is -3.65. The number of benzene rings is 2. The van der Waals surface area contributed by atoms with Crippen LogP contribution in [-0.2, 0) is 14.5 Å². The van der Waals surface area contributed by atoms with Crippen LogP contribution in [0.15, 0.2) is 46.8 Å². The molecule has 11 nitrogen and oxygen atoms in total. The van der Waals surface area contributed by atoms with E-state index in [9.17, 15) is 23.9 Å². The molecule has 2 aromatic carbocycles. The van der Waals surface area contributed by atoms with Crippen LogP contribution in [0.3, 0.4) is 0 Å². The van der Waals surface area contributed by atoms with Crippen molar-refractivity contribution in [3.8, 4) is 0 Å². The molecular formula is C26H30FN5O6S2. The van der Waals surface area contributed by atoms with Crippen LogP contribution in [0, 0.1) is 15.9 Å². The van der Waals surface area contributed by atoms with E-state index >= 15 is 4.39 Å². The number of cyclic esters (lactones) is 1. The highest BCUT2D eigenvalue weighted by Gasteiger charge is 2.33. The van der Waals surface area contributed by atoms with Gasteiger partial charge in [0, 0.05) is 29.3 Å². The van der Waals surface area contributed by atoms with Gasteiger partial charge in [-0.05, 0) is 61.4 Å². The molecule has 0 spiro atoms. The van der Waals surface area contributed by atoms with Crippen molar-refractivity contribution >= 4 is 56.1 Å². The predicted octanol–water partition coefficient (Wildman–Crippen LogP) is 5.35. The molecule has 2 N–H and O–H groups in total. The second kappa shape index (κ2) is 12.7. The first-order valence-electron chi connectivity index (χ1n) is 12.9. The molecule has 2 aliphatic rings. The van der Waals surface area contributed by atoms with Gasteiger partial charge in [0.2, 0.25) is 0 Å². The summed E-state index contributed by atoms with van der Waals surface area (Å²) in [5, 5.41) is 16.3. The summed E-state index contributed by atoms with van der Waals surface area (Å²) in [4.78, 5) is 37.0. The number of carbonyl (C=O) groups is 2. The summed E-state index contributed by atoms with van der Waals surface area (Å²) in [6, 6.07) is 9.03. The number of non-ortho nitro benzene ring substituents is 1. The number of carbonyl (C=O) groups excluding carboxylic acids is 2. The Balaban J connectivity index is 1.34. The SMILES string of the molecule is CCCC(=S)NC[C@H]1CN(c2ccc(C3CCS(=O)(=NC(=O)Nc4ccc([N+](=O)[O-])cc4)CC3)c(F)c2)C(=O)O1. The number of nitro benzene ring substituents is 1. The molecule has 0 saturated carbocycles. The van der Waals surface area contributed by atoms with Gasteiger partial charge in [-0.3, -0.25) is 15.0 Å². The van der Waals surface area contributed by atoms with Crippen molar-refractivity contribution in [3.63, 3.8) is 0 Å². The number of anilines is 2. The molecule has 3 amide bonds. The molecule has 2 aromatic rings. The first-order valence-corrected chi connectivity index (χ1v) is 15.2. The van der Waals surface area contributed by atoms with Gasteiger partial charge in [-0.2, -0.15) is 0 Å². The third kappa shape index (κ3) is 7.30. The zero-order valence-electron chi connectivity index (χ0n) is 21.8. The number of amides is 3. The number of halogens is 1. The standard InChI is InChI=1S/C26H30FN5O6S2/c1-2-3-24(39)28-15-21-16-31(26(34)38-21)20-8-9-22(23(27)14-20)17-10-12-40(37,13-11-17)30-25(33)29-18-4-6-19(7-5-18)32(35)36/h4-9,14,17,21H,2-3,10-13,15-16H2,1H3,(H,28,39)(H,29,33)/t17?,21-,40?/m0/s1. The third-order valence-corrected chi connectivity index (χ3v) is 9.36. The van der Waals surface area contributed by atoms with E-state index in [0.717, 1.165) is 12.8 Å². The van der Waals surface area contributed by atoms with E-state index in [-0.39, 0.29) is 29.7 Å². The summed E-state index contributed by atoms with van der Waals surface area (Å²) in [6.07, 6.45) is 1.47. The number of rotatable bonds is 8. The van der Waals surface area contributed by atoms with Crippen LogP contribution in [0.2, 0.25) is 0 Å². The number of nitrogens with one attached hydrogen (secondary N) is 2. The topological polar surface area (TPSA) is 143 Å². The lowest BCUT2D eigenvalue weighted by Gasteiger charge is -2.25.